The van der Waals surface area contributed by atoms with E-state index in [0.29, 0.717) is 0 Å². The topological polar surface area (TPSA) is 45.2 Å². The first-order valence-electron chi connectivity index (χ1n) is 9.00. The number of benzene rings is 2. The second kappa shape index (κ2) is 6.54. The van der Waals surface area contributed by atoms with Crippen LogP contribution in [-0.4, -0.2) is 29.4 Å². The first kappa shape index (κ1) is 16.7. The van der Waals surface area contributed by atoms with Crippen LogP contribution in [0.4, 0.5) is 5.69 Å². The number of rotatable bonds is 2. The summed E-state index contributed by atoms with van der Waals surface area (Å²) in [5, 5.41) is 4.05. The molecule has 1 N–H and O–H groups in total. The lowest BCUT2D eigenvalue weighted by Crippen LogP contribution is -2.30. The SMILES string of the molecule is Cc1ccc(NC(=O)c2c3c(nc4ccccc24)CCN(C)C3)c(C)c1. The Balaban J connectivity index is 1.84. The van der Waals surface area contributed by atoms with Crippen molar-refractivity contribution in [2.75, 3.05) is 18.9 Å². The third-order valence-electron chi connectivity index (χ3n) is 5.09. The summed E-state index contributed by atoms with van der Waals surface area (Å²) < 4.78 is 0. The number of hydrogen-bond acceptors (Lipinski definition) is 3. The van der Waals surface area contributed by atoms with Crippen molar-refractivity contribution in [3.8, 4) is 0 Å². The molecule has 4 nitrogen and oxygen atoms in total. The van der Waals surface area contributed by atoms with Gasteiger partial charge in [0.25, 0.3) is 5.91 Å². The molecule has 0 bridgehead atoms. The lowest BCUT2D eigenvalue weighted by molar-refractivity contribution is 0.102. The second-order valence-corrected chi connectivity index (χ2v) is 7.19. The summed E-state index contributed by atoms with van der Waals surface area (Å²) in [5.74, 6) is -0.0536. The Bertz CT molecular complexity index is 1010. The number of nitrogens with zero attached hydrogens (tertiary/aromatic N) is 2. The maximum Gasteiger partial charge on any atom is 0.256 e. The maximum absolute atomic E-state index is 13.3. The van der Waals surface area contributed by atoms with Gasteiger partial charge >= 0.3 is 0 Å². The minimum Gasteiger partial charge on any atom is -0.322 e. The number of carbonyl (C=O) groups excluding carboxylic acids is 1. The van der Waals surface area contributed by atoms with E-state index in [1.54, 1.807) is 0 Å². The van der Waals surface area contributed by atoms with Crippen LogP contribution in [0.15, 0.2) is 42.5 Å². The number of carbonyl (C=O) groups is 1. The molecule has 4 heteroatoms. The number of amides is 1. The van der Waals surface area contributed by atoms with E-state index in [-0.39, 0.29) is 5.91 Å². The molecule has 4 rings (SSSR count). The summed E-state index contributed by atoms with van der Waals surface area (Å²) in [4.78, 5) is 20.4. The number of aryl methyl sites for hydroxylation is 2. The predicted octanol–water partition coefficient (Wildman–Crippen LogP) is 4.09. The Kier molecular flexibility index (Phi) is 4.21. The van der Waals surface area contributed by atoms with Gasteiger partial charge in [0.05, 0.1) is 11.1 Å². The van der Waals surface area contributed by atoms with Crippen molar-refractivity contribution < 1.29 is 4.79 Å². The highest BCUT2D eigenvalue weighted by atomic mass is 16.1. The third kappa shape index (κ3) is 2.97. The van der Waals surface area contributed by atoms with Gasteiger partial charge in [0, 0.05) is 41.8 Å². The van der Waals surface area contributed by atoms with Crippen molar-refractivity contribution in [3.63, 3.8) is 0 Å². The van der Waals surface area contributed by atoms with Crippen LogP contribution in [0.3, 0.4) is 0 Å². The van der Waals surface area contributed by atoms with Gasteiger partial charge in [-0.2, -0.15) is 0 Å². The Morgan fingerprint density at radius 2 is 1.96 bits per heavy atom. The number of para-hydroxylation sites is 1. The van der Waals surface area contributed by atoms with Gasteiger partial charge in [0.2, 0.25) is 0 Å². The van der Waals surface area contributed by atoms with Gasteiger partial charge in [0.15, 0.2) is 0 Å². The van der Waals surface area contributed by atoms with Crippen LogP contribution in [0, 0.1) is 13.8 Å². The van der Waals surface area contributed by atoms with Crippen molar-refractivity contribution in [2.24, 2.45) is 0 Å². The molecule has 1 amide bonds. The number of fused-ring (bicyclic) bond motifs is 2. The Labute approximate surface area is 153 Å². The highest BCUT2D eigenvalue weighted by molar-refractivity contribution is 6.13. The average molecular weight is 345 g/mol. The Hall–Kier alpha value is -2.72. The van der Waals surface area contributed by atoms with E-state index < -0.39 is 0 Å². The summed E-state index contributed by atoms with van der Waals surface area (Å²) >= 11 is 0. The smallest absolute Gasteiger partial charge is 0.256 e. The van der Waals surface area contributed by atoms with E-state index in [1.165, 1.54) is 5.56 Å². The molecule has 132 valence electrons. The number of hydrogen-bond donors (Lipinski definition) is 1. The van der Waals surface area contributed by atoms with Crippen LogP contribution in [0.25, 0.3) is 10.9 Å². The molecule has 0 fully saturated rings. The summed E-state index contributed by atoms with van der Waals surface area (Å²) in [6.45, 7) is 5.80. The number of aromatic nitrogens is 1. The average Bonchev–Trinajstić information content (AvgIpc) is 2.62. The predicted molar refractivity (Wildman–Crippen MR) is 106 cm³/mol. The maximum atomic E-state index is 13.3. The quantitative estimate of drug-likeness (QED) is 0.761. The fraction of sp³-hybridized carbons (Fsp3) is 0.273. The van der Waals surface area contributed by atoms with Gasteiger partial charge in [-0.25, -0.2) is 0 Å². The van der Waals surface area contributed by atoms with Crippen molar-refractivity contribution in [1.29, 1.82) is 0 Å². The first-order chi connectivity index (χ1) is 12.5. The zero-order chi connectivity index (χ0) is 18.3. The van der Waals surface area contributed by atoms with Crippen LogP contribution in [0.2, 0.25) is 0 Å². The van der Waals surface area contributed by atoms with Gasteiger partial charge in [-0.1, -0.05) is 35.9 Å². The van der Waals surface area contributed by atoms with Gasteiger partial charge < -0.3 is 10.2 Å². The third-order valence-corrected chi connectivity index (χ3v) is 5.09. The van der Waals surface area contributed by atoms with Gasteiger partial charge in [0.1, 0.15) is 0 Å². The highest BCUT2D eigenvalue weighted by Gasteiger charge is 2.24. The number of nitrogens with one attached hydrogen (secondary N) is 1. The van der Waals surface area contributed by atoms with E-state index in [4.69, 9.17) is 4.98 Å². The van der Waals surface area contributed by atoms with E-state index in [9.17, 15) is 4.79 Å². The zero-order valence-corrected chi connectivity index (χ0v) is 15.5. The first-order valence-corrected chi connectivity index (χ1v) is 9.00. The molecule has 0 spiro atoms. The zero-order valence-electron chi connectivity index (χ0n) is 15.5. The van der Waals surface area contributed by atoms with E-state index in [1.807, 2.05) is 43.3 Å². The van der Waals surface area contributed by atoms with Crippen LogP contribution < -0.4 is 5.32 Å². The summed E-state index contributed by atoms with van der Waals surface area (Å²) in [6.07, 6.45) is 0.876. The number of likely N-dealkylation sites (N-methyl/N-ethyl adjacent to an activating group) is 1. The van der Waals surface area contributed by atoms with Crippen LogP contribution in [0.1, 0.15) is 32.7 Å². The van der Waals surface area contributed by atoms with Crippen molar-refractivity contribution in [1.82, 2.24) is 9.88 Å². The fourth-order valence-electron chi connectivity index (χ4n) is 3.72. The van der Waals surface area contributed by atoms with Crippen LogP contribution in [-0.2, 0) is 13.0 Å². The molecule has 1 aromatic heterocycles. The molecule has 0 atom stereocenters. The molecule has 26 heavy (non-hydrogen) atoms. The summed E-state index contributed by atoms with van der Waals surface area (Å²) in [6, 6.07) is 14.0. The summed E-state index contributed by atoms with van der Waals surface area (Å²) in [7, 11) is 2.09. The molecular formula is C22H23N3O. The molecule has 2 aromatic carbocycles. The van der Waals surface area contributed by atoms with Crippen molar-refractivity contribution in [2.45, 2.75) is 26.8 Å². The van der Waals surface area contributed by atoms with Gasteiger partial charge in [-0.15, -0.1) is 0 Å². The molecule has 3 aromatic rings. The van der Waals surface area contributed by atoms with Crippen LogP contribution >= 0.6 is 0 Å². The van der Waals surface area contributed by atoms with E-state index >= 15 is 0 Å². The largest absolute Gasteiger partial charge is 0.322 e. The lowest BCUT2D eigenvalue weighted by Gasteiger charge is -2.27. The lowest BCUT2D eigenvalue weighted by atomic mass is 9.95. The minimum atomic E-state index is -0.0536. The van der Waals surface area contributed by atoms with Gasteiger partial charge in [-0.05, 0) is 38.6 Å². The second-order valence-electron chi connectivity index (χ2n) is 7.19. The minimum absolute atomic E-state index is 0.0536. The van der Waals surface area contributed by atoms with Crippen molar-refractivity contribution in [3.05, 3.63) is 70.4 Å². The van der Waals surface area contributed by atoms with Crippen molar-refractivity contribution >= 4 is 22.5 Å². The number of anilines is 1. The monoisotopic (exact) mass is 345 g/mol. The Morgan fingerprint density at radius 1 is 1.15 bits per heavy atom. The van der Waals surface area contributed by atoms with Gasteiger partial charge in [-0.3, -0.25) is 9.78 Å². The van der Waals surface area contributed by atoms with E-state index in [0.717, 1.165) is 58.5 Å². The molecule has 0 saturated heterocycles. The standard InChI is InChI=1S/C22H23N3O/c1-14-8-9-18(15(2)12-14)24-22(26)21-16-6-4-5-7-19(16)23-20-10-11-25(3)13-17(20)21/h4-9,12H,10-11,13H2,1-3H3,(H,24,26). The molecule has 0 aliphatic carbocycles. The molecule has 0 saturated carbocycles. The van der Waals surface area contributed by atoms with E-state index in [2.05, 4.69) is 30.3 Å². The molecule has 0 radical (unpaired) electrons. The Morgan fingerprint density at radius 3 is 2.77 bits per heavy atom. The molecule has 1 aliphatic rings. The normalized spacial score (nSPS) is 14.3. The molecular weight excluding hydrogens is 322 g/mol. The summed E-state index contributed by atoms with van der Waals surface area (Å²) in [5.41, 5.74) is 6.88. The fourth-order valence-corrected chi connectivity index (χ4v) is 3.72. The molecule has 2 heterocycles. The molecule has 1 aliphatic heterocycles. The highest BCUT2D eigenvalue weighted by Crippen LogP contribution is 2.29. The van der Waals surface area contributed by atoms with Crippen LogP contribution in [0.5, 0.6) is 0 Å². The number of pyridine rings is 1. The molecule has 0 unspecified atom stereocenters.